The molecular weight excluding hydrogens is 238 g/mol. The van der Waals surface area contributed by atoms with E-state index in [0.29, 0.717) is 0 Å². The minimum atomic E-state index is -0.0548. The lowest BCUT2D eigenvalue weighted by atomic mass is 9.66. The molecule has 0 aromatic heterocycles. The van der Waals surface area contributed by atoms with Crippen LogP contribution in [0.5, 0.6) is 0 Å². The molecule has 0 radical (unpaired) electrons. The monoisotopic (exact) mass is 249 g/mol. The van der Waals surface area contributed by atoms with Gasteiger partial charge in [-0.2, -0.15) is 5.26 Å². The third-order valence-electron chi connectivity index (χ3n) is 2.98. The van der Waals surface area contributed by atoms with E-state index in [9.17, 15) is 0 Å². The van der Waals surface area contributed by atoms with Crippen molar-refractivity contribution in [2.45, 2.75) is 25.7 Å². The Bertz CT molecular complexity index is 374. The highest BCUT2D eigenvalue weighted by Crippen LogP contribution is 2.43. The molecule has 0 unspecified atom stereocenters. The van der Waals surface area contributed by atoms with Gasteiger partial charge in [0, 0.05) is 4.47 Å². The van der Waals surface area contributed by atoms with Gasteiger partial charge in [0.15, 0.2) is 0 Å². The summed E-state index contributed by atoms with van der Waals surface area (Å²) in [6.45, 7) is 0. The molecule has 1 saturated carbocycles. The molecule has 1 aliphatic carbocycles. The molecule has 0 amide bonds. The molecule has 0 aliphatic heterocycles. The first-order valence-corrected chi connectivity index (χ1v) is 5.69. The van der Waals surface area contributed by atoms with E-state index in [1.165, 1.54) is 12.0 Å². The van der Waals surface area contributed by atoms with Crippen LogP contribution in [-0.2, 0) is 6.42 Å². The van der Waals surface area contributed by atoms with Crippen LogP contribution in [0.4, 0.5) is 0 Å². The van der Waals surface area contributed by atoms with E-state index in [-0.39, 0.29) is 5.41 Å². The Kier molecular flexibility index (Phi) is 2.60. The zero-order valence-electron chi connectivity index (χ0n) is 7.96. The SMILES string of the molecule is N#CC1(Cc2cccc(Br)c2)CCC1. The second kappa shape index (κ2) is 3.74. The van der Waals surface area contributed by atoms with Gasteiger partial charge in [0.1, 0.15) is 0 Å². The fraction of sp³-hybridized carbons (Fsp3) is 0.417. The van der Waals surface area contributed by atoms with Gasteiger partial charge in [-0.1, -0.05) is 34.5 Å². The van der Waals surface area contributed by atoms with E-state index in [0.717, 1.165) is 23.7 Å². The van der Waals surface area contributed by atoms with E-state index in [1.54, 1.807) is 0 Å². The van der Waals surface area contributed by atoms with Crippen LogP contribution in [0.2, 0.25) is 0 Å². The molecule has 1 aromatic carbocycles. The lowest BCUT2D eigenvalue weighted by Crippen LogP contribution is -2.29. The first-order valence-electron chi connectivity index (χ1n) is 4.90. The molecule has 1 fully saturated rings. The average molecular weight is 250 g/mol. The lowest BCUT2D eigenvalue weighted by Gasteiger charge is -2.35. The van der Waals surface area contributed by atoms with Crippen molar-refractivity contribution in [2.24, 2.45) is 5.41 Å². The summed E-state index contributed by atoms with van der Waals surface area (Å²) in [7, 11) is 0. The van der Waals surface area contributed by atoms with Crippen LogP contribution in [0.25, 0.3) is 0 Å². The van der Waals surface area contributed by atoms with E-state index >= 15 is 0 Å². The van der Waals surface area contributed by atoms with E-state index < -0.39 is 0 Å². The van der Waals surface area contributed by atoms with Crippen molar-refractivity contribution in [3.8, 4) is 6.07 Å². The van der Waals surface area contributed by atoms with Gasteiger partial charge >= 0.3 is 0 Å². The average Bonchev–Trinajstić information content (AvgIpc) is 2.11. The van der Waals surface area contributed by atoms with E-state index in [4.69, 9.17) is 5.26 Å². The molecule has 72 valence electrons. The fourth-order valence-electron chi connectivity index (χ4n) is 1.97. The molecule has 0 spiro atoms. The van der Waals surface area contributed by atoms with Crippen molar-refractivity contribution >= 4 is 15.9 Å². The van der Waals surface area contributed by atoms with Crippen molar-refractivity contribution in [1.29, 1.82) is 5.26 Å². The number of benzene rings is 1. The number of rotatable bonds is 2. The molecule has 0 atom stereocenters. The Hall–Kier alpha value is -0.810. The van der Waals surface area contributed by atoms with Crippen LogP contribution in [0.15, 0.2) is 28.7 Å². The molecule has 0 N–H and O–H groups in total. The number of hydrogen-bond donors (Lipinski definition) is 0. The van der Waals surface area contributed by atoms with Gasteiger partial charge in [-0.15, -0.1) is 0 Å². The summed E-state index contributed by atoms with van der Waals surface area (Å²) in [4.78, 5) is 0. The Labute approximate surface area is 92.9 Å². The van der Waals surface area contributed by atoms with E-state index in [2.05, 4.69) is 34.1 Å². The number of nitriles is 1. The molecular formula is C12H12BrN. The highest BCUT2D eigenvalue weighted by atomic mass is 79.9. The number of hydrogen-bond acceptors (Lipinski definition) is 1. The molecule has 1 nitrogen and oxygen atoms in total. The quantitative estimate of drug-likeness (QED) is 0.785. The van der Waals surface area contributed by atoms with Gasteiger partial charge in [0.2, 0.25) is 0 Å². The number of halogens is 1. The molecule has 0 saturated heterocycles. The maximum atomic E-state index is 9.11. The Morgan fingerprint density at radius 2 is 2.21 bits per heavy atom. The highest BCUT2D eigenvalue weighted by Gasteiger charge is 2.36. The van der Waals surface area contributed by atoms with Gasteiger partial charge in [-0.25, -0.2) is 0 Å². The summed E-state index contributed by atoms with van der Waals surface area (Å²) in [5, 5.41) is 9.11. The molecule has 14 heavy (non-hydrogen) atoms. The first-order chi connectivity index (χ1) is 6.74. The van der Waals surface area contributed by atoms with Crippen LogP contribution in [0.3, 0.4) is 0 Å². The summed E-state index contributed by atoms with van der Waals surface area (Å²) in [5.74, 6) is 0. The Morgan fingerprint density at radius 1 is 1.43 bits per heavy atom. The smallest absolute Gasteiger partial charge is 0.0693 e. The predicted molar refractivity (Wildman–Crippen MR) is 59.7 cm³/mol. The van der Waals surface area contributed by atoms with Crippen LogP contribution in [0, 0.1) is 16.7 Å². The maximum Gasteiger partial charge on any atom is 0.0693 e. The second-order valence-electron chi connectivity index (χ2n) is 4.05. The molecule has 1 aliphatic rings. The minimum absolute atomic E-state index is 0.0548. The van der Waals surface area contributed by atoms with Gasteiger partial charge in [-0.05, 0) is 37.0 Å². The summed E-state index contributed by atoms with van der Waals surface area (Å²) in [5.41, 5.74) is 1.21. The van der Waals surface area contributed by atoms with Gasteiger partial charge in [0.05, 0.1) is 11.5 Å². The maximum absolute atomic E-state index is 9.11. The molecule has 2 heteroatoms. The third-order valence-corrected chi connectivity index (χ3v) is 3.47. The second-order valence-corrected chi connectivity index (χ2v) is 4.97. The summed E-state index contributed by atoms with van der Waals surface area (Å²) >= 11 is 3.45. The van der Waals surface area contributed by atoms with Crippen molar-refractivity contribution < 1.29 is 0 Å². The Balaban J connectivity index is 2.14. The van der Waals surface area contributed by atoms with Gasteiger partial charge < -0.3 is 0 Å². The highest BCUT2D eigenvalue weighted by molar-refractivity contribution is 9.10. The predicted octanol–water partition coefficient (Wildman–Crippen LogP) is 3.69. The van der Waals surface area contributed by atoms with Crippen molar-refractivity contribution in [2.75, 3.05) is 0 Å². The van der Waals surface area contributed by atoms with E-state index in [1.807, 2.05) is 12.1 Å². The zero-order chi connectivity index (χ0) is 10.0. The summed E-state index contributed by atoms with van der Waals surface area (Å²) in [6.07, 6.45) is 4.25. The molecule has 0 bridgehead atoms. The van der Waals surface area contributed by atoms with Gasteiger partial charge in [0.25, 0.3) is 0 Å². The normalized spacial score (nSPS) is 18.3. The van der Waals surface area contributed by atoms with Crippen LogP contribution in [0.1, 0.15) is 24.8 Å². The summed E-state index contributed by atoms with van der Waals surface area (Å²) < 4.78 is 1.10. The Morgan fingerprint density at radius 3 is 2.71 bits per heavy atom. The van der Waals surface area contributed by atoms with Crippen molar-refractivity contribution in [3.63, 3.8) is 0 Å². The standard InChI is InChI=1S/C12H12BrN/c13-11-4-1-3-10(7-11)8-12(9-14)5-2-6-12/h1,3-4,7H,2,5-6,8H2. The van der Waals surface area contributed by atoms with Crippen LogP contribution >= 0.6 is 15.9 Å². The molecule has 1 aromatic rings. The van der Waals surface area contributed by atoms with Gasteiger partial charge in [-0.3, -0.25) is 0 Å². The largest absolute Gasteiger partial charge is 0.198 e. The zero-order valence-corrected chi connectivity index (χ0v) is 9.55. The topological polar surface area (TPSA) is 23.8 Å². The van der Waals surface area contributed by atoms with Crippen molar-refractivity contribution in [1.82, 2.24) is 0 Å². The van der Waals surface area contributed by atoms with Crippen molar-refractivity contribution in [3.05, 3.63) is 34.3 Å². The van der Waals surface area contributed by atoms with Crippen LogP contribution in [-0.4, -0.2) is 0 Å². The minimum Gasteiger partial charge on any atom is -0.198 e. The molecule has 0 heterocycles. The summed E-state index contributed by atoms with van der Waals surface area (Å²) in [6, 6.07) is 10.7. The molecule has 2 rings (SSSR count). The number of nitrogens with zero attached hydrogens (tertiary/aromatic N) is 1. The first kappa shape index (κ1) is 9.73. The fourth-order valence-corrected chi connectivity index (χ4v) is 2.42. The lowest BCUT2D eigenvalue weighted by molar-refractivity contribution is 0.214. The van der Waals surface area contributed by atoms with Crippen LogP contribution < -0.4 is 0 Å². The third kappa shape index (κ3) is 1.83.